The Balaban J connectivity index is 1.82. The third-order valence-corrected chi connectivity index (χ3v) is 4.02. The zero-order valence-electron chi connectivity index (χ0n) is 14.7. The second-order valence-electron chi connectivity index (χ2n) is 6.06. The van der Waals surface area contributed by atoms with Crippen molar-refractivity contribution in [2.75, 3.05) is 6.61 Å². The van der Waals surface area contributed by atoms with Crippen molar-refractivity contribution in [1.29, 1.82) is 0 Å². The van der Waals surface area contributed by atoms with Crippen LogP contribution >= 0.6 is 0 Å². The van der Waals surface area contributed by atoms with Crippen LogP contribution in [0.15, 0.2) is 35.1 Å². The van der Waals surface area contributed by atoms with Gasteiger partial charge in [0.2, 0.25) is 0 Å². The summed E-state index contributed by atoms with van der Waals surface area (Å²) in [5, 5.41) is 6.04. The molecule has 0 aliphatic heterocycles. The lowest BCUT2D eigenvalue weighted by Gasteiger charge is -2.22. The summed E-state index contributed by atoms with van der Waals surface area (Å²) in [6.45, 7) is -0.666. The Kier molecular flexibility index (Phi) is 5.68. The summed E-state index contributed by atoms with van der Waals surface area (Å²) in [5.41, 5.74) is 0.467. The van der Waals surface area contributed by atoms with Crippen LogP contribution in [0.25, 0.3) is 0 Å². The van der Waals surface area contributed by atoms with Crippen molar-refractivity contribution in [3.63, 3.8) is 0 Å². The van der Waals surface area contributed by atoms with Crippen LogP contribution in [0.1, 0.15) is 35.8 Å². The van der Waals surface area contributed by atoms with Crippen molar-refractivity contribution in [3.8, 4) is 11.5 Å². The summed E-state index contributed by atoms with van der Waals surface area (Å²) < 4.78 is 34.9. The maximum Gasteiger partial charge on any atom is 0.387 e. The fourth-order valence-electron chi connectivity index (χ4n) is 2.67. The zero-order valence-corrected chi connectivity index (χ0v) is 14.7. The Labute approximate surface area is 153 Å². The molecule has 9 heteroatoms. The molecule has 1 aromatic heterocycles. The molecule has 27 heavy (non-hydrogen) atoms. The average Bonchev–Trinajstić information content (AvgIpc) is 3.46. The number of halogens is 2. The van der Waals surface area contributed by atoms with E-state index in [9.17, 15) is 18.4 Å². The van der Waals surface area contributed by atoms with Crippen molar-refractivity contribution in [3.05, 3.63) is 51.9 Å². The Morgan fingerprint density at radius 3 is 2.67 bits per heavy atom. The Morgan fingerprint density at radius 2 is 2.07 bits per heavy atom. The summed E-state index contributed by atoms with van der Waals surface area (Å²) in [4.78, 5) is 25.5. The number of H-pyrrole nitrogens is 1. The first-order valence-corrected chi connectivity index (χ1v) is 8.55. The van der Waals surface area contributed by atoms with Gasteiger partial charge in [-0.05, 0) is 43.5 Å². The molecule has 0 bridgehead atoms. The van der Waals surface area contributed by atoms with Gasteiger partial charge in [-0.15, -0.1) is 0 Å². The lowest BCUT2D eigenvalue weighted by molar-refractivity contribution is -0.0514. The van der Waals surface area contributed by atoms with Crippen LogP contribution in [0.5, 0.6) is 11.5 Å². The van der Waals surface area contributed by atoms with Crippen LogP contribution in [0, 0.1) is 0 Å². The maximum absolute atomic E-state index is 12.8. The monoisotopic (exact) mass is 379 g/mol. The van der Waals surface area contributed by atoms with Crippen molar-refractivity contribution >= 4 is 5.91 Å². The van der Waals surface area contributed by atoms with Gasteiger partial charge in [0.05, 0.1) is 6.61 Å². The van der Waals surface area contributed by atoms with Gasteiger partial charge in [0, 0.05) is 18.7 Å². The molecular weight excluding hydrogens is 360 g/mol. The number of carbonyl (C=O) groups excluding carboxylic acids is 1. The highest BCUT2D eigenvalue weighted by Gasteiger charge is 2.34. The second-order valence-corrected chi connectivity index (χ2v) is 6.06. The normalized spacial score (nSPS) is 13.5. The number of carbonyl (C=O) groups is 1. The van der Waals surface area contributed by atoms with Gasteiger partial charge in [-0.1, -0.05) is 6.07 Å². The highest BCUT2D eigenvalue weighted by molar-refractivity contribution is 5.92. The summed E-state index contributed by atoms with van der Waals surface area (Å²) in [5.74, 6) is -0.164. The fraction of sp³-hybridized carbons (Fsp3) is 0.389. The van der Waals surface area contributed by atoms with E-state index in [1.807, 2.05) is 0 Å². The highest BCUT2D eigenvalue weighted by atomic mass is 19.3. The molecule has 0 atom stereocenters. The maximum atomic E-state index is 12.8. The van der Waals surface area contributed by atoms with Gasteiger partial charge in [-0.3, -0.25) is 9.59 Å². The van der Waals surface area contributed by atoms with E-state index in [0.717, 1.165) is 12.8 Å². The molecule has 0 radical (unpaired) electrons. The first-order valence-electron chi connectivity index (χ1n) is 8.55. The van der Waals surface area contributed by atoms with E-state index in [2.05, 4.69) is 14.9 Å². The van der Waals surface area contributed by atoms with Gasteiger partial charge in [0.25, 0.3) is 11.5 Å². The van der Waals surface area contributed by atoms with Crippen LogP contribution in [0.2, 0.25) is 0 Å². The van der Waals surface area contributed by atoms with Gasteiger partial charge in [-0.2, -0.15) is 13.9 Å². The minimum Gasteiger partial charge on any atom is -0.490 e. The number of benzene rings is 1. The summed E-state index contributed by atoms with van der Waals surface area (Å²) in [6, 6.07) is 7.31. The number of amides is 1. The fourth-order valence-corrected chi connectivity index (χ4v) is 2.67. The van der Waals surface area contributed by atoms with Crippen molar-refractivity contribution in [2.24, 2.45) is 0 Å². The minimum atomic E-state index is -2.95. The predicted octanol–water partition coefficient (Wildman–Crippen LogP) is 2.57. The van der Waals surface area contributed by atoms with E-state index in [4.69, 9.17) is 4.74 Å². The molecule has 7 nitrogen and oxygen atoms in total. The number of alkyl halides is 2. The highest BCUT2D eigenvalue weighted by Crippen LogP contribution is 2.33. The number of hydrogen-bond donors (Lipinski definition) is 1. The van der Waals surface area contributed by atoms with Crippen LogP contribution in [-0.2, 0) is 6.54 Å². The number of nitrogens with zero attached hydrogens (tertiary/aromatic N) is 2. The molecule has 1 heterocycles. The molecule has 2 aromatic rings. The van der Waals surface area contributed by atoms with Crippen molar-refractivity contribution in [1.82, 2.24) is 15.1 Å². The van der Waals surface area contributed by atoms with E-state index in [1.54, 1.807) is 24.0 Å². The first kappa shape index (κ1) is 18.8. The quantitative estimate of drug-likeness (QED) is 0.762. The average molecular weight is 379 g/mol. The molecule has 1 aliphatic rings. The van der Waals surface area contributed by atoms with Crippen LogP contribution < -0.4 is 15.0 Å². The molecule has 1 amide bonds. The number of aromatic nitrogens is 2. The van der Waals surface area contributed by atoms with Gasteiger partial charge in [0.15, 0.2) is 11.5 Å². The second kappa shape index (κ2) is 8.15. The molecule has 0 unspecified atom stereocenters. The van der Waals surface area contributed by atoms with Gasteiger partial charge in [-0.25, -0.2) is 5.10 Å². The van der Waals surface area contributed by atoms with E-state index >= 15 is 0 Å². The molecule has 1 aromatic carbocycles. The largest absolute Gasteiger partial charge is 0.490 e. The smallest absolute Gasteiger partial charge is 0.387 e. The summed E-state index contributed by atoms with van der Waals surface area (Å²) in [7, 11) is 0. The predicted molar refractivity (Wildman–Crippen MR) is 92.0 cm³/mol. The van der Waals surface area contributed by atoms with E-state index in [-0.39, 0.29) is 47.9 Å². The van der Waals surface area contributed by atoms with Crippen molar-refractivity contribution < 1.29 is 23.0 Å². The Hall–Kier alpha value is -2.97. The summed E-state index contributed by atoms with van der Waals surface area (Å²) >= 11 is 0. The van der Waals surface area contributed by atoms with Crippen molar-refractivity contribution in [2.45, 2.75) is 39.0 Å². The molecule has 144 valence electrons. The molecule has 3 rings (SSSR count). The van der Waals surface area contributed by atoms with E-state index in [1.165, 1.54) is 18.2 Å². The lowest BCUT2D eigenvalue weighted by atomic mass is 10.1. The van der Waals surface area contributed by atoms with Gasteiger partial charge in [0.1, 0.15) is 5.69 Å². The minimum absolute atomic E-state index is 0.0535. The SMILES string of the molecule is CCOc1cc(CN(C(=O)c2ccc(=O)[nH]n2)C2CC2)ccc1OC(F)F. The molecule has 1 aliphatic carbocycles. The molecule has 0 spiro atoms. The van der Waals surface area contributed by atoms with E-state index in [0.29, 0.717) is 5.56 Å². The molecule has 1 saturated carbocycles. The van der Waals surface area contributed by atoms with Gasteiger partial charge >= 0.3 is 6.61 Å². The number of nitrogens with one attached hydrogen (secondary N) is 1. The Bertz CT molecular complexity index is 847. The molecule has 0 saturated heterocycles. The van der Waals surface area contributed by atoms with Gasteiger partial charge < -0.3 is 14.4 Å². The topological polar surface area (TPSA) is 84.5 Å². The molecular formula is C18H19F2N3O4. The van der Waals surface area contributed by atoms with Crippen LogP contribution in [0.4, 0.5) is 8.78 Å². The van der Waals surface area contributed by atoms with E-state index < -0.39 is 6.61 Å². The molecule has 1 N–H and O–H groups in total. The number of rotatable bonds is 8. The third kappa shape index (κ3) is 4.81. The lowest BCUT2D eigenvalue weighted by Crippen LogP contribution is -2.33. The number of ether oxygens (including phenoxy) is 2. The third-order valence-electron chi connectivity index (χ3n) is 4.02. The number of hydrogen-bond acceptors (Lipinski definition) is 5. The summed E-state index contributed by atoms with van der Waals surface area (Å²) in [6.07, 6.45) is 1.75. The standard InChI is InChI=1S/C18H19F2N3O4/c1-2-26-15-9-11(3-7-14(15)27-18(19)20)10-23(12-4-5-12)17(25)13-6-8-16(24)22-21-13/h3,6-9,12,18H,2,4-5,10H2,1H3,(H,22,24). The first-order chi connectivity index (χ1) is 13.0. The Morgan fingerprint density at radius 1 is 1.30 bits per heavy atom. The zero-order chi connectivity index (χ0) is 19.4. The van der Waals surface area contributed by atoms with Crippen LogP contribution in [-0.4, -0.2) is 40.3 Å². The van der Waals surface area contributed by atoms with Crippen LogP contribution in [0.3, 0.4) is 0 Å². The molecule has 1 fully saturated rings. The number of aromatic amines is 1.